The zero-order chi connectivity index (χ0) is 16.8. The van der Waals surface area contributed by atoms with E-state index in [0.29, 0.717) is 27.3 Å². The van der Waals surface area contributed by atoms with Gasteiger partial charge in [0.05, 0.1) is 12.3 Å². The standard InChI is InChI=1S/C16H15ClN2O3S/c1-3-22-15(21)14-10(2)18-16(23-14)19-13(20)9-8-11-6-4-5-7-12(11)17/h4-9H,3H2,1-2H3,(H,18,19,20)/b9-8+. The monoisotopic (exact) mass is 350 g/mol. The second-order valence-electron chi connectivity index (χ2n) is 4.50. The van der Waals surface area contributed by atoms with Gasteiger partial charge in [-0.3, -0.25) is 10.1 Å². The second-order valence-corrected chi connectivity index (χ2v) is 5.90. The molecule has 1 aromatic carbocycles. The maximum Gasteiger partial charge on any atom is 0.350 e. The molecule has 0 saturated heterocycles. The van der Waals surface area contributed by atoms with E-state index in [1.54, 1.807) is 32.1 Å². The van der Waals surface area contributed by atoms with Gasteiger partial charge in [-0.15, -0.1) is 0 Å². The average molecular weight is 351 g/mol. The summed E-state index contributed by atoms with van der Waals surface area (Å²) < 4.78 is 4.94. The molecule has 0 unspecified atom stereocenters. The summed E-state index contributed by atoms with van der Waals surface area (Å²) in [6.45, 7) is 3.72. The van der Waals surface area contributed by atoms with Crippen LogP contribution in [-0.4, -0.2) is 23.5 Å². The van der Waals surface area contributed by atoms with E-state index in [1.165, 1.54) is 6.08 Å². The van der Waals surface area contributed by atoms with Crippen LogP contribution in [0.1, 0.15) is 27.9 Å². The van der Waals surface area contributed by atoms with Crippen LogP contribution in [0.4, 0.5) is 5.13 Å². The molecule has 0 fully saturated rings. The fraction of sp³-hybridized carbons (Fsp3) is 0.188. The number of thiazole rings is 1. The summed E-state index contributed by atoms with van der Waals surface area (Å²) in [5.41, 5.74) is 1.27. The third-order valence-corrected chi connectivity index (χ3v) is 4.20. The third-order valence-electron chi connectivity index (χ3n) is 2.81. The number of nitrogens with zero attached hydrogens (tertiary/aromatic N) is 1. The SMILES string of the molecule is CCOC(=O)c1sc(NC(=O)/C=C/c2ccccc2Cl)nc1C. The quantitative estimate of drug-likeness (QED) is 0.655. The lowest BCUT2D eigenvalue weighted by molar-refractivity contribution is -0.111. The molecule has 0 aliphatic carbocycles. The van der Waals surface area contributed by atoms with Gasteiger partial charge in [-0.2, -0.15) is 0 Å². The first-order valence-electron chi connectivity index (χ1n) is 6.89. The van der Waals surface area contributed by atoms with Gasteiger partial charge in [-0.25, -0.2) is 9.78 Å². The normalized spacial score (nSPS) is 10.7. The van der Waals surface area contributed by atoms with Gasteiger partial charge in [-0.05, 0) is 31.6 Å². The first-order valence-corrected chi connectivity index (χ1v) is 8.09. The molecule has 1 amide bonds. The number of aromatic nitrogens is 1. The molecule has 7 heteroatoms. The highest BCUT2D eigenvalue weighted by Gasteiger charge is 2.16. The highest BCUT2D eigenvalue weighted by atomic mass is 35.5. The van der Waals surface area contributed by atoms with Crippen molar-refractivity contribution in [3.63, 3.8) is 0 Å². The highest BCUT2D eigenvalue weighted by Crippen LogP contribution is 2.23. The van der Waals surface area contributed by atoms with Crippen molar-refractivity contribution in [2.75, 3.05) is 11.9 Å². The molecule has 0 bridgehead atoms. The molecule has 0 saturated carbocycles. The number of esters is 1. The van der Waals surface area contributed by atoms with Crippen molar-refractivity contribution < 1.29 is 14.3 Å². The van der Waals surface area contributed by atoms with Crippen LogP contribution in [0.2, 0.25) is 5.02 Å². The lowest BCUT2D eigenvalue weighted by Gasteiger charge is -1.98. The minimum Gasteiger partial charge on any atom is -0.462 e. The van der Waals surface area contributed by atoms with E-state index in [1.807, 2.05) is 12.1 Å². The largest absolute Gasteiger partial charge is 0.462 e. The smallest absolute Gasteiger partial charge is 0.350 e. The number of carbonyl (C=O) groups excluding carboxylic acids is 2. The number of aryl methyl sites for hydroxylation is 1. The lowest BCUT2D eigenvalue weighted by Crippen LogP contribution is -2.07. The third kappa shape index (κ3) is 4.64. The van der Waals surface area contributed by atoms with Crippen LogP contribution in [0.25, 0.3) is 6.08 Å². The van der Waals surface area contributed by atoms with E-state index < -0.39 is 5.97 Å². The zero-order valence-corrected chi connectivity index (χ0v) is 14.2. The van der Waals surface area contributed by atoms with Gasteiger partial charge in [0.2, 0.25) is 5.91 Å². The molecule has 0 radical (unpaired) electrons. The zero-order valence-electron chi connectivity index (χ0n) is 12.6. The van der Waals surface area contributed by atoms with Gasteiger partial charge >= 0.3 is 5.97 Å². The second kappa shape index (κ2) is 7.89. The van der Waals surface area contributed by atoms with E-state index in [2.05, 4.69) is 10.3 Å². The minimum absolute atomic E-state index is 0.290. The Balaban J connectivity index is 2.05. The topological polar surface area (TPSA) is 68.3 Å². The fourth-order valence-electron chi connectivity index (χ4n) is 1.76. The predicted molar refractivity (Wildman–Crippen MR) is 91.9 cm³/mol. The van der Waals surface area contributed by atoms with Gasteiger partial charge in [0, 0.05) is 11.1 Å². The van der Waals surface area contributed by atoms with Crippen LogP contribution in [-0.2, 0) is 9.53 Å². The molecule has 0 spiro atoms. The van der Waals surface area contributed by atoms with Crippen LogP contribution in [0.3, 0.4) is 0 Å². The van der Waals surface area contributed by atoms with Crippen molar-refractivity contribution in [2.24, 2.45) is 0 Å². The van der Waals surface area contributed by atoms with Gasteiger partial charge in [0.15, 0.2) is 5.13 Å². The maximum absolute atomic E-state index is 11.9. The molecule has 0 aliphatic heterocycles. The summed E-state index contributed by atoms with van der Waals surface area (Å²) in [5.74, 6) is -0.788. The van der Waals surface area contributed by atoms with E-state index in [-0.39, 0.29) is 5.91 Å². The van der Waals surface area contributed by atoms with E-state index in [4.69, 9.17) is 16.3 Å². The van der Waals surface area contributed by atoms with Crippen LogP contribution in [0.15, 0.2) is 30.3 Å². The molecule has 2 rings (SSSR count). The van der Waals surface area contributed by atoms with Crippen molar-refractivity contribution in [1.82, 2.24) is 4.98 Å². The molecule has 1 N–H and O–H groups in total. The Bertz CT molecular complexity index is 756. The van der Waals surface area contributed by atoms with Gasteiger partial charge < -0.3 is 4.74 Å². The molecule has 1 heterocycles. The van der Waals surface area contributed by atoms with E-state index in [0.717, 1.165) is 16.9 Å². The summed E-state index contributed by atoms with van der Waals surface area (Å²) in [6, 6.07) is 7.20. The first-order chi connectivity index (χ1) is 11.0. The molecule has 1 aromatic heterocycles. The molecule has 23 heavy (non-hydrogen) atoms. The lowest BCUT2D eigenvalue weighted by atomic mass is 10.2. The summed E-state index contributed by atoms with van der Waals surface area (Å²) in [7, 11) is 0. The molecule has 120 valence electrons. The number of rotatable bonds is 5. The molecular weight excluding hydrogens is 336 g/mol. The number of hydrogen-bond acceptors (Lipinski definition) is 5. The number of hydrogen-bond donors (Lipinski definition) is 1. The summed E-state index contributed by atoms with van der Waals surface area (Å²) in [5, 5.41) is 3.53. The summed E-state index contributed by atoms with van der Waals surface area (Å²) in [6.07, 6.45) is 2.98. The Morgan fingerprint density at radius 2 is 2.13 bits per heavy atom. The summed E-state index contributed by atoms with van der Waals surface area (Å²) >= 11 is 7.10. The Morgan fingerprint density at radius 3 is 2.83 bits per heavy atom. The van der Waals surface area contributed by atoms with Gasteiger partial charge in [0.25, 0.3) is 0 Å². The van der Waals surface area contributed by atoms with Gasteiger partial charge in [-0.1, -0.05) is 41.1 Å². The molecule has 2 aromatic rings. The molecule has 0 aliphatic rings. The van der Waals surface area contributed by atoms with Crippen molar-refractivity contribution >= 4 is 46.0 Å². The number of carbonyl (C=O) groups is 2. The van der Waals surface area contributed by atoms with Crippen molar-refractivity contribution in [3.05, 3.63) is 51.5 Å². The number of halogens is 1. The Labute approximate surface area is 143 Å². The fourth-order valence-corrected chi connectivity index (χ4v) is 2.82. The van der Waals surface area contributed by atoms with Crippen LogP contribution < -0.4 is 5.32 Å². The van der Waals surface area contributed by atoms with E-state index in [9.17, 15) is 9.59 Å². The number of anilines is 1. The molecule has 0 atom stereocenters. The molecular formula is C16H15ClN2O3S. The summed E-state index contributed by atoms with van der Waals surface area (Å²) in [4.78, 5) is 28.2. The van der Waals surface area contributed by atoms with Crippen molar-refractivity contribution in [1.29, 1.82) is 0 Å². The van der Waals surface area contributed by atoms with Crippen LogP contribution >= 0.6 is 22.9 Å². The highest BCUT2D eigenvalue weighted by molar-refractivity contribution is 7.17. The number of ether oxygens (including phenoxy) is 1. The number of nitrogens with one attached hydrogen (secondary N) is 1. The maximum atomic E-state index is 11.9. The average Bonchev–Trinajstić information content (AvgIpc) is 2.87. The Kier molecular flexibility index (Phi) is 5.90. The first kappa shape index (κ1) is 17.2. The predicted octanol–water partition coefficient (Wildman–Crippen LogP) is 3.93. The number of benzene rings is 1. The Hall–Kier alpha value is -2.18. The van der Waals surface area contributed by atoms with Crippen LogP contribution in [0.5, 0.6) is 0 Å². The van der Waals surface area contributed by atoms with E-state index >= 15 is 0 Å². The van der Waals surface area contributed by atoms with Crippen molar-refractivity contribution in [2.45, 2.75) is 13.8 Å². The van der Waals surface area contributed by atoms with Crippen molar-refractivity contribution in [3.8, 4) is 0 Å². The van der Waals surface area contributed by atoms with Crippen LogP contribution in [0, 0.1) is 6.92 Å². The number of amides is 1. The minimum atomic E-state index is -0.436. The molecule has 5 nitrogen and oxygen atoms in total. The Morgan fingerprint density at radius 1 is 1.39 bits per heavy atom. The van der Waals surface area contributed by atoms with Gasteiger partial charge in [0.1, 0.15) is 4.88 Å².